The number of benzene rings is 7. The molecule has 7 aromatic carbocycles. The molecule has 0 aliphatic carbocycles. The van der Waals surface area contributed by atoms with Gasteiger partial charge in [-0.15, -0.1) is 16.4 Å². The van der Waals surface area contributed by atoms with Gasteiger partial charge in [-0.1, -0.05) is 132 Å². The first kappa shape index (κ1) is 33.5. The van der Waals surface area contributed by atoms with Gasteiger partial charge in [0.2, 0.25) is 0 Å². The number of aromatic nitrogens is 3. The molecule has 0 radical (unpaired) electrons. The predicted octanol–water partition coefficient (Wildman–Crippen LogP) is 3.07. The minimum atomic E-state index is 0.617. The Morgan fingerprint density at radius 2 is 0.741 bits per heavy atom. The van der Waals surface area contributed by atoms with Crippen molar-refractivity contribution in [2.75, 3.05) is 0 Å². The summed E-state index contributed by atoms with van der Waals surface area (Å²) in [4.78, 5) is 15.2. The van der Waals surface area contributed by atoms with Gasteiger partial charge in [-0.25, -0.2) is 15.0 Å². The van der Waals surface area contributed by atoms with E-state index in [4.69, 9.17) is 19.4 Å². The zero-order chi connectivity index (χ0) is 36.9. The van der Waals surface area contributed by atoms with Gasteiger partial charge < -0.3 is 4.42 Å². The fraction of sp³-hybridized carbons (Fsp3) is 0. The summed E-state index contributed by atoms with van der Waals surface area (Å²) in [6, 6.07) is 50.9. The fourth-order valence-corrected chi connectivity index (χ4v) is 7.61. The summed E-state index contributed by atoms with van der Waals surface area (Å²) in [6.45, 7) is 0. The van der Waals surface area contributed by atoms with Crippen LogP contribution < -0.4 is 27.3 Å². The van der Waals surface area contributed by atoms with Gasteiger partial charge in [-0.3, -0.25) is 0 Å². The van der Waals surface area contributed by atoms with Gasteiger partial charge in [-0.05, 0) is 57.6 Å². The Morgan fingerprint density at radius 1 is 0.315 bits per heavy atom. The number of fused-ring (bicyclic) bond motifs is 3. The molecule has 9 aromatic rings. The lowest BCUT2D eigenvalue weighted by atomic mass is 9.60. The second-order valence-corrected chi connectivity index (χ2v) is 14.2. The van der Waals surface area contributed by atoms with E-state index in [1.54, 1.807) is 0 Å². The van der Waals surface area contributed by atoms with Crippen molar-refractivity contribution in [3.05, 3.63) is 146 Å². The van der Waals surface area contributed by atoms with Crippen molar-refractivity contribution in [1.82, 2.24) is 15.0 Å². The second-order valence-electron chi connectivity index (χ2n) is 14.2. The molecule has 9 heteroatoms. The molecule has 0 atom stereocenters. The molecule has 4 nitrogen and oxygen atoms in total. The van der Waals surface area contributed by atoms with Crippen molar-refractivity contribution in [2.45, 2.75) is 0 Å². The third kappa shape index (κ3) is 5.96. The topological polar surface area (TPSA) is 51.8 Å². The normalized spacial score (nSPS) is 11.3. The molecule has 9 rings (SSSR count). The van der Waals surface area contributed by atoms with E-state index in [2.05, 4.69) is 148 Å². The Labute approximate surface area is 319 Å². The highest BCUT2D eigenvalue weighted by Crippen LogP contribution is 2.35. The molecular weight excluding hydrogens is 653 g/mol. The maximum atomic E-state index is 6.47. The molecule has 0 aliphatic heterocycles. The van der Waals surface area contributed by atoms with E-state index < -0.39 is 0 Å². The summed E-state index contributed by atoms with van der Waals surface area (Å²) in [7, 11) is 10.9. The van der Waals surface area contributed by atoms with Crippen LogP contribution >= 0.6 is 0 Å². The lowest BCUT2D eigenvalue weighted by Crippen LogP contribution is -2.55. The van der Waals surface area contributed by atoms with Crippen LogP contribution in [0.5, 0.6) is 0 Å². The summed E-state index contributed by atoms with van der Waals surface area (Å²) in [5.41, 5.74) is 17.9. The quantitative estimate of drug-likeness (QED) is 0.253. The highest BCUT2D eigenvalue weighted by Gasteiger charge is 2.19. The summed E-state index contributed by atoms with van der Waals surface area (Å²) < 4.78 is 6.47. The molecule has 250 valence electrons. The van der Waals surface area contributed by atoms with Crippen LogP contribution in [0.2, 0.25) is 0 Å². The Hall–Kier alpha value is -6.33. The van der Waals surface area contributed by atoms with E-state index in [0.717, 1.165) is 49.8 Å². The SMILES string of the molecule is Bc1c(B)c(B)c(-c2nc(-c3ccccc3)nc(-c3ccc4c(c3)oc3ccc(-c5ccc(-c6ccc(-c7ccccc7)cc6)cc5)cc34)n2)c(B)c1B. The third-order valence-electron chi connectivity index (χ3n) is 11.2. The standard InChI is InChI=1S/C45H34B5N3O/c46-38-37(39(47)41(49)42(50)40(38)48)45-52-43(30-9-5-2-6-10-30)51-44(53-45)32-19-21-33-34-23-31(20-22-35(34)54-36(33)24-32)29-17-15-28(16-18-29)27-13-11-26(12-14-27)25-7-3-1-4-8-25/h1-24H,46-50H2. The summed E-state index contributed by atoms with van der Waals surface area (Å²) in [6.07, 6.45) is 0. The zero-order valence-electron chi connectivity index (χ0n) is 31.1. The van der Waals surface area contributed by atoms with E-state index >= 15 is 0 Å². The van der Waals surface area contributed by atoms with Crippen LogP contribution in [0, 0.1) is 0 Å². The van der Waals surface area contributed by atoms with Crippen LogP contribution in [0.25, 0.3) is 89.5 Å². The van der Waals surface area contributed by atoms with Gasteiger partial charge in [0, 0.05) is 27.5 Å². The van der Waals surface area contributed by atoms with Gasteiger partial charge in [0.25, 0.3) is 0 Å². The monoisotopic (exact) mass is 687 g/mol. The largest absolute Gasteiger partial charge is 0.456 e. The number of hydrogen-bond donors (Lipinski definition) is 0. The van der Waals surface area contributed by atoms with E-state index in [0.29, 0.717) is 17.5 Å². The number of hydrogen-bond acceptors (Lipinski definition) is 4. The minimum Gasteiger partial charge on any atom is -0.456 e. The number of nitrogens with zero attached hydrogens (tertiary/aromatic N) is 3. The molecule has 2 aromatic heterocycles. The van der Waals surface area contributed by atoms with Crippen LogP contribution in [0.1, 0.15) is 0 Å². The lowest BCUT2D eigenvalue weighted by Gasteiger charge is -2.20. The van der Waals surface area contributed by atoms with Gasteiger partial charge in [0.1, 0.15) is 50.4 Å². The van der Waals surface area contributed by atoms with Gasteiger partial charge in [0.15, 0.2) is 17.5 Å². The lowest BCUT2D eigenvalue weighted by molar-refractivity contribution is 0.669. The average Bonchev–Trinajstić information content (AvgIpc) is 3.60. The molecule has 0 spiro atoms. The Balaban J connectivity index is 1.07. The van der Waals surface area contributed by atoms with Gasteiger partial charge in [-0.2, -0.15) is 0 Å². The summed E-state index contributed by atoms with van der Waals surface area (Å²) in [5.74, 6) is 1.95. The molecule has 0 aliphatic rings. The van der Waals surface area contributed by atoms with Crippen molar-refractivity contribution in [3.63, 3.8) is 0 Å². The highest BCUT2D eigenvalue weighted by atomic mass is 16.3. The average molecular weight is 687 g/mol. The summed E-state index contributed by atoms with van der Waals surface area (Å²) in [5, 5.41) is 2.13. The van der Waals surface area contributed by atoms with Crippen LogP contribution in [0.15, 0.2) is 150 Å². The first-order valence-electron chi connectivity index (χ1n) is 18.4. The molecule has 0 fully saturated rings. The van der Waals surface area contributed by atoms with Crippen molar-refractivity contribution in [2.24, 2.45) is 0 Å². The number of rotatable bonds is 6. The molecule has 0 saturated carbocycles. The summed E-state index contributed by atoms with van der Waals surface area (Å²) >= 11 is 0. The van der Waals surface area contributed by atoms with Crippen molar-refractivity contribution in [3.8, 4) is 67.5 Å². The molecule has 0 saturated heterocycles. The second kappa shape index (κ2) is 13.6. The van der Waals surface area contributed by atoms with Gasteiger partial charge in [0.05, 0.1) is 0 Å². The van der Waals surface area contributed by atoms with E-state index in [1.807, 2.05) is 36.4 Å². The Morgan fingerprint density at radius 3 is 1.31 bits per heavy atom. The van der Waals surface area contributed by atoms with Crippen LogP contribution in [-0.4, -0.2) is 54.2 Å². The van der Waals surface area contributed by atoms with Crippen LogP contribution in [0.3, 0.4) is 0 Å². The van der Waals surface area contributed by atoms with Gasteiger partial charge >= 0.3 is 0 Å². The zero-order valence-corrected chi connectivity index (χ0v) is 31.1. The molecule has 2 heterocycles. The Kier molecular flexibility index (Phi) is 8.43. The van der Waals surface area contributed by atoms with Crippen LogP contribution in [-0.2, 0) is 0 Å². The van der Waals surface area contributed by atoms with Crippen molar-refractivity contribution in [1.29, 1.82) is 0 Å². The first-order chi connectivity index (χ1) is 26.3. The van der Waals surface area contributed by atoms with E-state index in [9.17, 15) is 0 Å². The molecule has 0 N–H and O–H groups in total. The van der Waals surface area contributed by atoms with Crippen molar-refractivity contribution >= 4 is 88.5 Å². The fourth-order valence-electron chi connectivity index (χ4n) is 7.61. The Bertz CT molecular complexity index is 2830. The molecular formula is C45H34B5N3O. The molecule has 0 unspecified atom stereocenters. The number of furan rings is 1. The molecule has 0 amide bonds. The molecule has 54 heavy (non-hydrogen) atoms. The van der Waals surface area contributed by atoms with Crippen LogP contribution in [0.4, 0.5) is 0 Å². The third-order valence-corrected chi connectivity index (χ3v) is 11.2. The smallest absolute Gasteiger partial charge is 0.164 e. The predicted molar refractivity (Wildman–Crippen MR) is 241 cm³/mol. The first-order valence-corrected chi connectivity index (χ1v) is 18.4. The maximum absolute atomic E-state index is 6.47. The highest BCUT2D eigenvalue weighted by molar-refractivity contribution is 6.68. The minimum absolute atomic E-state index is 0.617. The van der Waals surface area contributed by atoms with Crippen molar-refractivity contribution < 1.29 is 4.42 Å². The van der Waals surface area contributed by atoms with E-state index in [1.165, 1.54) is 49.6 Å². The maximum Gasteiger partial charge on any atom is 0.164 e. The molecule has 0 bridgehead atoms. The van der Waals surface area contributed by atoms with E-state index in [-0.39, 0.29) is 0 Å².